The molecule has 2 aromatic rings. The molecule has 3 rings (SSSR count). The monoisotopic (exact) mass is 311 g/mol. The average molecular weight is 312 g/mol. The molecule has 0 unspecified atom stereocenters. The number of thiazole rings is 1. The van der Waals surface area contributed by atoms with Crippen LogP contribution in [0, 0.1) is 0 Å². The zero-order valence-corrected chi connectivity index (χ0v) is 11.9. The molecule has 0 aliphatic carbocycles. The topological polar surface area (TPSA) is 28.2 Å². The summed E-state index contributed by atoms with van der Waals surface area (Å²) in [5.41, 5.74) is 1.11. The van der Waals surface area contributed by atoms with Crippen LogP contribution in [0.25, 0.3) is 10.2 Å². The van der Waals surface area contributed by atoms with Crippen LogP contribution in [0.3, 0.4) is 0 Å². The molecule has 0 saturated carbocycles. The second-order valence-corrected chi connectivity index (χ2v) is 6.28. The fourth-order valence-electron chi connectivity index (χ4n) is 2.08. The third-order valence-electron chi connectivity index (χ3n) is 2.96. The molecular weight excluding hydrogens is 298 g/mol. The van der Waals surface area contributed by atoms with Gasteiger partial charge in [0.1, 0.15) is 5.01 Å². The molecular formula is C12H14BrN3S. The summed E-state index contributed by atoms with van der Waals surface area (Å²) < 4.78 is 2.38. The summed E-state index contributed by atoms with van der Waals surface area (Å²) in [5, 5.41) is 4.59. The van der Waals surface area contributed by atoms with Gasteiger partial charge in [0.2, 0.25) is 0 Å². The van der Waals surface area contributed by atoms with E-state index in [0.717, 1.165) is 42.7 Å². The Bertz CT molecular complexity index is 519. The van der Waals surface area contributed by atoms with Gasteiger partial charge >= 0.3 is 0 Å². The van der Waals surface area contributed by atoms with Gasteiger partial charge in [-0.1, -0.05) is 15.9 Å². The molecule has 0 spiro atoms. The van der Waals surface area contributed by atoms with Crippen molar-refractivity contribution in [1.82, 2.24) is 15.2 Å². The van der Waals surface area contributed by atoms with Gasteiger partial charge in [-0.15, -0.1) is 11.3 Å². The maximum atomic E-state index is 4.69. The SMILES string of the molecule is Brc1ccc2sc(CN3CCNCC3)nc2c1. The van der Waals surface area contributed by atoms with Gasteiger partial charge in [-0.2, -0.15) is 0 Å². The molecule has 1 aliphatic rings. The Labute approximate surface area is 113 Å². The zero-order chi connectivity index (χ0) is 11.7. The van der Waals surface area contributed by atoms with Crippen molar-refractivity contribution in [3.05, 3.63) is 27.7 Å². The number of hydrogen-bond acceptors (Lipinski definition) is 4. The average Bonchev–Trinajstić information content (AvgIpc) is 2.71. The second kappa shape index (κ2) is 5.02. The van der Waals surface area contributed by atoms with E-state index < -0.39 is 0 Å². The van der Waals surface area contributed by atoms with E-state index in [1.165, 1.54) is 9.71 Å². The number of piperazine rings is 1. The summed E-state index contributed by atoms with van der Waals surface area (Å²) in [6.45, 7) is 5.42. The molecule has 0 bridgehead atoms. The van der Waals surface area contributed by atoms with Crippen LogP contribution in [0.2, 0.25) is 0 Å². The molecule has 1 aromatic heterocycles. The van der Waals surface area contributed by atoms with E-state index in [4.69, 9.17) is 4.98 Å². The minimum atomic E-state index is 0.985. The Balaban J connectivity index is 1.80. The van der Waals surface area contributed by atoms with E-state index in [1.807, 2.05) is 0 Å². The van der Waals surface area contributed by atoms with Crippen LogP contribution >= 0.6 is 27.3 Å². The lowest BCUT2D eigenvalue weighted by molar-refractivity contribution is 0.233. The summed E-state index contributed by atoms with van der Waals surface area (Å²) in [6, 6.07) is 6.31. The highest BCUT2D eigenvalue weighted by atomic mass is 79.9. The first kappa shape index (κ1) is 11.6. The number of nitrogens with zero attached hydrogens (tertiary/aromatic N) is 2. The minimum Gasteiger partial charge on any atom is -0.314 e. The van der Waals surface area contributed by atoms with Crippen molar-refractivity contribution in [1.29, 1.82) is 0 Å². The van der Waals surface area contributed by atoms with Gasteiger partial charge in [-0.3, -0.25) is 4.90 Å². The van der Waals surface area contributed by atoms with Crippen LogP contribution in [0.1, 0.15) is 5.01 Å². The normalized spacial score (nSPS) is 17.7. The summed E-state index contributed by atoms with van der Waals surface area (Å²) in [5.74, 6) is 0. The lowest BCUT2D eigenvalue weighted by Crippen LogP contribution is -2.42. The third kappa shape index (κ3) is 2.68. The van der Waals surface area contributed by atoms with Crippen molar-refractivity contribution in [2.75, 3.05) is 26.2 Å². The van der Waals surface area contributed by atoms with Crippen molar-refractivity contribution in [2.24, 2.45) is 0 Å². The molecule has 3 nitrogen and oxygen atoms in total. The fraction of sp³-hybridized carbons (Fsp3) is 0.417. The molecule has 2 heterocycles. The molecule has 1 N–H and O–H groups in total. The summed E-state index contributed by atoms with van der Waals surface area (Å²) >= 11 is 5.29. The summed E-state index contributed by atoms with van der Waals surface area (Å²) in [6.07, 6.45) is 0. The smallest absolute Gasteiger partial charge is 0.108 e. The van der Waals surface area contributed by atoms with E-state index in [0.29, 0.717) is 0 Å². The molecule has 1 saturated heterocycles. The molecule has 90 valence electrons. The first-order valence-corrected chi connectivity index (χ1v) is 7.40. The Kier molecular flexibility index (Phi) is 3.42. The van der Waals surface area contributed by atoms with Crippen LogP contribution in [0.15, 0.2) is 22.7 Å². The maximum Gasteiger partial charge on any atom is 0.108 e. The quantitative estimate of drug-likeness (QED) is 0.923. The Morgan fingerprint density at radius 2 is 2.18 bits per heavy atom. The van der Waals surface area contributed by atoms with E-state index in [9.17, 15) is 0 Å². The Hall–Kier alpha value is -0.490. The van der Waals surface area contributed by atoms with Gasteiger partial charge in [0, 0.05) is 30.7 Å². The van der Waals surface area contributed by atoms with E-state index in [1.54, 1.807) is 11.3 Å². The van der Waals surface area contributed by atoms with E-state index in [-0.39, 0.29) is 0 Å². The molecule has 0 radical (unpaired) electrons. The third-order valence-corrected chi connectivity index (χ3v) is 4.48. The number of nitrogens with one attached hydrogen (secondary N) is 1. The van der Waals surface area contributed by atoms with E-state index in [2.05, 4.69) is 44.3 Å². The van der Waals surface area contributed by atoms with E-state index >= 15 is 0 Å². The van der Waals surface area contributed by atoms with Crippen molar-refractivity contribution >= 4 is 37.5 Å². The molecule has 1 fully saturated rings. The Morgan fingerprint density at radius 1 is 1.35 bits per heavy atom. The predicted octanol–water partition coefficient (Wildman–Crippen LogP) is 2.46. The van der Waals surface area contributed by atoms with Crippen molar-refractivity contribution in [2.45, 2.75) is 6.54 Å². The lowest BCUT2D eigenvalue weighted by Gasteiger charge is -2.25. The van der Waals surface area contributed by atoms with Crippen molar-refractivity contribution in [3.8, 4) is 0 Å². The second-order valence-electron chi connectivity index (χ2n) is 4.25. The minimum absolute atomic E-state index is 0.985. The number of halogens is 1. The van der Waals surface area contributed by atoms with Crippen molar-refractivity contribution in [3.63, 3.8) is 0 Å². The van der Waals surface area contributed by atoms with Crippen LogP contribution in [0.5, 0.6) is 0 Å². The molecule has 1 aromatic carbocycles. The zero-order valence-electron chi connectivity index (χ0n) is 9.45. The van der Waals surface area contributed by atoms with Crippen molar-refractivity contribution < 1.29 is 0 Å². The number of hydrogen-bond donors (Lipinski definition) is 1. The molecule has 0 amide bonds. The van der Waals surface area contributed by atoms with Gasteiger partial charge < -0.3 is 5.32 Å². The fourth-order valence-corrected chi connectivity index (χ4v) is 3.42. The summed E-state index contributed by atoms with van der Waals surface area (Å²) in [4.78, 5) is 7.16. The number of benzene rings is 1. The van der Waals surface area contributed by atoms with Gasteiger partial charge in [0.25, 0.3) is 0 Å². The highest BCUT2D eigenvalue weighted by molar-refractivity contribution is 9.10. The maximum absolute atomic E-state index is 4.69. The molecule has 1 aliphatic heterocycles. The first-order valence-electron chi connectivity index (χ1n) is 5.79. The van der Waals surface area contributed by atoms with Gasteiger partial charge in [-0.05, 0) is 18.2 Å². The largest absolute Gasteiger partial charge is 0.314 e. The van der Waals surface area contributed by atoms with Crippen LogP contribution in [-0.2, 0) is 6.54 Å². The molecule has 0 atom stereocenters. The van der Waals surface area contributed by atoms with Crippen LogP contribution in [0.4, 0.5) is 0 Å². The van der Waals surface area contributed by atoms with Crippen LogP contribution in [-0.4, -0.2) is 36.1 Å². The number of fused-ring (bicyclic) bond motifs is 1. The predicted molar refractivity (Wildman–Crippen MR) is 75.5 cm³/mol. The highest BCUT2D eigenvalue weighted by Crippen LogP contribution is 2.25. The Morgan fingerprint density at radius 3 is 3.00 bits per heavy atom. The first-order chi connectivity index (χ1) is 8.31. The van der Waals surface area contributed by atoms with Gasteiger partial charge in [0.05, 0.1) is 16.8 Å². The highest BCUT2D eigenvalue weighted by Gasteiger charge is 2.12. The van der Waals surface area contributed by atoms with Gasteiger partial charge in [-0.25, -0.2) is 4.98 Å². The molecule has 5 heteroatoms. The standard InChI is InChI=1S/C12H14BrN3S/c13-9-1-2-11-10(7-9)15-12(17-11)8-16-5-3-14-4-6-16/h1-2,7,14H,3-6,8H2. The number of aromatic nitrogens is 1. The summed E-state index contributed by atoms with van der Waals surface area (Å²) in [7, 11) is 0. The molecule has 17 heavy (non-hydrogen) atoms. The number of rotatable bonds is 2. The lowest BCUT2D eigenvalue weighted by atomic mass is 10.3. The van der Waals surface area contributed by atoms with Crippen LogP contribution < -0.4 is 5.32 Å². The van der Waals surface area contributed by atoms with Gasteiger partial charge in [0.15, 0.2) is 0 Å².